The van der Waals surface area contributed by atoms with Crippen LogP contribution in [0, 0.1) is 0 Å². The maximum atomic E-state index is 12.9. The minimum absolute atomic E-state index is 0.0328. The fourth-order valence-electron chi connectivity index (χ4n) is 4.64. The summed E-state index contributed by atoms with van der Waals surface area (Å²) in [7, 11) is 0. The van der Waals surface area contributed by atoms with Crippen molar-refractivity contribution in [3.8, 4) is 0 Å². The van der Waals surface area contributed by atoms with Crippen LogP contribution in [0.1, 0.15) is 37.7 Å². The average Bonchev–Trinajstić information content (AvgIpc) is 3.36. The van der Waals surface area contributed by atoms with E-state index in [0.717, 1.165) is 45.4 Å². The standard InChI is InChI=1S/C19H28N4O/c24-19(16-10-11-20-21-16)23-13-5-9-18(23)17-8-4-12-22(17)14-15-6-2-1-3-7-15/h1-3,6-7,16-18,20-21H,4-5,8-14H2. The number of likely N-dealkylation sites (tertiary alicyclic amines) is 2. The summed E-state index contributed by atoms with van der Waals surface area (Å²) in [5.74, 6) is 0.300. The Morgan fingerprint density at radius 3 is 2.62 bits per heavy atom. The molecule has 1 amide bonds. The summed E-state index contributed by atoms with van der Waals surface area (Å²) < 4.78 is 0. The van der Waals surface area contributed by atoms with Crippen molar-refractivity contribution < 1.29 is 4.79 Å². The van der Waals surface area contributed by atoms with Gasteiger partial charge in [-0.05, 0) is 44.2 Å². The maximum absolute atomic E-state index is 12.9. The Kier molecular flexibility index (Phi) is 4.83. The lowest BCUT2D eigenvalue weighted by atomic mass is 10.0. The first-order valence-corrected chi connectivity index (χ1v) is 9.40. The van der Waals surface area contributed by atoms with Gasteiger partial charge in [-0.25, -0.2) is 5.43 Å². The second-order valence-corrected chi connectivity index (χ2v) is 7.32. The molecule has 0 bridgehead atoms. The van der Waals surface area contributed by atoms with Crippen LogP contribution in [-0.4, -0.2) is 53.5 Å². The van der Waals surface area contributed by atoms with Crippen LogP contribution in [0.15, 0.2) is 30.3 Å². The van der Waals surface area contributed by atoms with Gasteiger partial charge in [0.15, 0.2) is 0 Å². The number of amides is 1. The highest BCUT2D eigenvalue weighted by molar-refractivity contribution is 5.82. The fraction of sp³-hybridized carbons (Fsp3) is 0.632. The number of rotatable bonds is 4. The van der Waals surface area contributed by atoms with Crippen molar-refractivity contribution in [2.45, 2.75) is 56.8 Å². The molecule has 0 spiro atoms. The van der Waals surface area contributed by atoms with Gasteiger partial charge in [0.2, 0.25) is 5.91 Å². The van der Waals surface area contributed by atoms with Crippen LogP contribution in [0.3, 0.4) is 0 Å². The number of carbonyl (C=O) groups is 1. The Morgan fingerprint density at radius 1 is 1.04 bits per heavy atom. The monoisotopic (exact) mass is 328 g/mol. The van der Waals surface area contributed by atoms with Crippen LogP contribution in [0.4, 0.5) is 0 Å². The lowest BCUT2D eigenvalue weighted by Gasteiger charge is -2.36. The molecule has 3 aliphatic heterocycles. The molecule has 2 N–H and O–H groups in total. The van der Waals surface area contributed by atoms with Gasteiger partial charge in [-0.15, -0.1) is 0 Å². The van der Waals surface area contributed by atoms with Gasteiger partial charge in [0, 0.05) is 31.7 Å². The van der Waals surface area contributed by atoms with Gasteiger partial charge in [-0.1, -0.05) is 30.3 Å². The van der Waals surface area contributed by atoms with Gasteiger partial charge < -0.3 is 4.90 Å². The molecule has 3 heterocycles. The predicted molar refractivity (Wildman–Crippen MR) is 94.2 cm³/mol. The van der Waals surface area contributed by atoms with Crippen molar-refractivity contribution in [2.75, 3.05) is 19.6 Å². The number of hydrogen-bond donors (Lipinski definition) is 2. The zero-order valence-corrected chi connectivity index (χ0v) is 14.3. The molecule has 0 aromatic heterocycles. The van der Waals surface area contributed by atoms with E-state index in [9.17, 15) is 4.79 Å². The highest BCUT2D eigenvalue weighted by Crippen LogP contribution is 2.31. The average molecular weight is 328 g/mol. The zero-order chi connectivity index (χ0) is 16.4. The lowest BCUT2D eigenvalue weighted by Crippen LogP contribution is -2.53. The predicted octanol–water partition coefficient (Wildman–Crippen LogP) is 1.51. The van der Waals surface area contributed by atoms with Crippen LogP contribution in [-0.2, 0) is 11.3 Å². The Bertz CT molecular complexity index is 558. The molecule has 4 rings (SSSR count). The Labute approximate surface area is 144 Å². The van der Waals surface area contributed by atoms with E-state index in [0.29, 0.717) is 18.0 Å². The highest BCUT2D eigenvalue weighted by atomic mass is 16.2. The molecule has 130 valence electrons. The van der Waals surface area contributed by atoms with Crippen molar-refractivity contribution in [1.29, 1.82) is 0 Å². The summed E-state index contributed by atoms with van der Waals surface area (Å²) in [6, 6.07) is 11.6. The first-order chi connectivity index (χ1) is 11.8. The second kappa shape index (κ2) is 7.21. The van der Waals surface area contributed by atoms with Gasteiger partial charge in [-0.2, -0.15) is 0 Å². The quantitative estimate of drug-likeness (QED) is 0.880. The molecule has 0 aliphatic carbocycles. The molecule has 24 heavy (non-hydrogen) atoms. The van der Waals surface area contributed by atoms with E-state index in [2.05, 4.69) is 51.0 Å². The van der Waals surface area contributed by atoms with Crippen molar-refractivity contribution >= 4 is 5.91 Å². The first-order valence-electron chi connectivity index (χ1n) is 9.40. The van der Waals surface area contributed by atoms with Crippen LogP contribution in [0.2, 0.25) is 0 Å². The molecule has 5 heteroatoms. The van der Waals surface area contributed by atoms with Crippen LogP contribution < -0.4 is 10.9 Å². The molecule has 3 atom stereocenters. The van der Waals surface area contributed by atoms with E-state index in [1.165, 1.54) is 18.4 Å². The van der Waals surface area contributed by atoms with Gasteiger partial charge in [0.25, 0.3) is 0 Å². The lowest BCUT2D eigenvalue weighted by molar-refractivity contribution is -0.135. The number of hydrazine groups is 1. The first kappa shape index (κ1) is 16.1. The molecule has 0 saturated carbocycles. The summed E-state index contributed by atoms with van der Waals surface area (Å²) in [5.41, 5.74) is 7.61. The molecule has 1 aromatic carbocycles. The zero-order valence-electron chi connectivity index (χ0n) is 14.3. The third-order valence-electron chi connectivity index (χ3n) is 5.80. The van der Waals surface area contributed by atoms with E-state index in [1.807, 2.05) is 0 Å². The number of nitrogens with zero attached hydrogens (tertiary/aromatic N) is 2. The molecule has 3 unspecified atom stereocenters. The molecule has 5 nitrogen and oxygen atoms in total. The summed E-state index contributed by atoms with van der Waals surface area (Å²) in [4.78, 5) is 17.7. The fourth-order valence-corrected chi connectivity index (χ4v) is 4.64. The minimum atomic E-state index is -0.0328. The Hall–Kier alpha value is -1.43. The van der Waals surface area contributed by atoms with Crippen LogP contribution in [0.25, 0.3) is 0 Å². The van der Waals surface area contributed by atoms with E-state index in [-0.39, 0.29) is 6.04 Å². The van der Waals surface area contributed by atoms with E-state index < -0.39 is 0 Å². The highest BCUT2D eigenvalue weighted by Gasteiger charge is 2.41. The van der Waals surface area contributed by atoms with Crippen molar-refractivity contribution in [2.24, 2.45) is 0 Å². The SMILES string of the molecule is O=C(C1CCNN1)N1CCCC1C1CCCN1Cc1ccccc1. The number of benzene rings is 1. The molecular weight excluding hydrogens is 300 g/mol. The molecule has 3 aliphatic rings. The summed E-state index contributed by atoms with van der Waals surface area (Å²) >= 11 is 0. The Morgan fingerprint density at radius 2 is 1.83 bits per heavy atom. The number of carbonyl (C=O) groups excluding carboxylic acids is 1. The summed E-state index contributed by atoms with van der Waals surface area (Å²) in [6.45, 7) is 3.98. The smallest absolute Gasteiger partial charge is 0.241 e. The van der Waals surface area contributed by atoms with E-state index >= 15 is 0 Å². The van der Waals surface area contributed by atoms with Crippen LogP contribution in [0.5, 0.6) is 0 Å². The van der Waals surface area contributed by atoms with Crippen molar-refractivity contribution in [3.05, 3.63) is 35.9 Å². The van der Waals surface area contributed by atoms with Gasteiger partial charge in [0.05, 0.1) is 0 Å². The largest absolute Gasteiger partial charge is 0.337 e. The topological polar surface area (TPSA) is 47.6 Å². The molecule has 0 radical (unpaired) electrons. The normalized spacial score (nSPS) is 31.0. The molecule has 3 fully saturated rings. The van der Waals surface area contributed by atoms with Crippen molar-refractivity contribution in [1.82, 2.24) is 20.7 Å². The molecule has 3 saturated heterocycles. The molecular formula is C19H28N4O. The van der Waals surface area contributed by atoms with Gasteiger partial charge >= 0.3 is 0 Å². The summed E-state index contributed by atoms with van der Waals surface area (Å²) in [5, 5.41) is 0. The van der Waals surface area contributed by atoms with Crippen molar-refractivity contribution in [3.63, 3.8) is 0 Å². The number of nitrogens with one attached hydrogen (secondary N) is 2. The summed E-state index contributed by atoms with van der Waals surface area (Å²) in [6.07, 6.45) is 5.67. The Balaban J connectivity index is 1.45. The maximum Gasteiger partial charge on any atom is 0.241 e. The van der Waals surface area contributed by atoms with Gasteiger partial charge in [0.1, 0.15) is 6.04 Å². The third kappa shape index (κ3) is 3.21. The van der Waals surface area contributed by atoms with E-state index in [1.54, 1.807) is 0 Å². The number of hydrogen-bond acceptors (Lipinski definition) is 4. The second-order valence-electron chi connectivity index (χ2n) is 7.32. The molecule has 1 aromatic rings. The minimum Gasteiger partial charge on any atom is -0.337 e. The van der Waals surface area contributed by atoms with Crippen LogP contribution >= 0.6 is 0 Å². The van der Waals surface area contributed by atoms with E-state index in [4.69, 9.17) is 0 Å². The third-order valence-corrected chi connectivity index (χ3v) is 5.80. The van der Waals surface area contributed by atoms with Gasteiger partial charge in [-0.3, -0.25) is 15.1 Å².